The molecule has 3 rings (SSSR count). The van der Waals surface area contributed by atoms with Crippen LogP contribution < -0.4 is 5.76 Å². The van der Waals surface area contributed by atoms with Crippen LogP contribution in [0.4, 0.5) is 0 Å². The highest BCUT2D eigenvalue weighted by atomic mass is 127. The maximum atomic E-state index is 11.9. The highest BCUT2D eigenvalue weighted by Gasteiger charge is 2.18. The minimum absolute atomic E-state index is 0.134. The van der Waals surface area contributed by atoms with E-state index in [1.54, 1.807) is 4.57 Å². The molecule has 0 N–H and O–H groups in total. The number of halogens is 1. The summed E-state index contributed by atoms with van der Waals surface area (Å²) in [4.78, 5) is 11.9. The van der Waals surface area contributed by atoms with Crippen LogP contribution >= 0.6 is 22.6 Å². The zero-order valence-electron chi connectivity index (χ0n) is 9.89. The molecule has 18 heavy (non-hydrogen) atoms. The van der Waals surface area contributed by atoms with Crippen molar-refractivity contribution < 1.29 is 9.15 Å². The van der Waals surface area contributed by atoms with E-state index in [1.165, 1.54) is 6.42 Å². The van der Waals surface area contributed by atoms with Crippen LogP contribution in [0.25, 0.3) is 11.1 Å². The molecule has 5 heteroatoms. The Kier molecular flexibility index (Phi) is 3.43. The summed E-state index contributed by atoms with van der Waals surface area (Å²) in [6, 6.07) is 5.76. The fourth-order valence-corrected chi connectivity index (χ4v) is 2.84. The normalized spacial score (nSPS) is 20.4. The Hall–Kier alpha value is -0.820. The number of hydrogen-bond donors (Lipinski definition) is 0. The molecule has 2 heterocycles. The third-order valence-electron chi connectivity index (χ3n) is 3.29. The first kappa shape index (κ1) is 12.2. The molecule has 96 valence electrons. The average Bonchev–Trinajstić information content (AvgIpc) is 2.67. The quantitative estimate of drug-likeness (QED) is 0.775. The summed E-state index contributed by atoms with van der Waals surface area (Å²) in [5.74, 6) is -0.291. The summed E-state index contributed by atoms with van der Waals surface area (Å²) in [6.45, 7) is 1.39. The summed E-state index contributed by atoms with van der Waals surface area (Å²) < 4.78 is 13.7. The first-order valence-corrected chi connectivity index (χ1v) is 7.22. The van der Waals surface area contributed by atoms with Gasteiger partial charge in [-0.2, -0.15) is 0 Å². The number of benzene rings is 1. The van der Waals surface area contributed by atoms with E-state index in [-0.39, 0.29) is 11.9 Å². The Morgan fingerprint density at radius 3 is 3.06 bits per heavy atom. The van der Waals surface area contributed by atoms with Crippen LogP contribution in [0.5, 0.6) is 0 Å². The SMILES string of the molecule is O=c1oc2ccc(I)cc2n1CC1CCCCO1. The molecule has 1 aromatic carbocycles. The van der Waals surface area contributed by atoms with Crippen molar-refractivity contribution in [2.45, 2.75) is 31.9 Å². The highest BCUT2D eigenvalue weighted by molar-refractivity contribution is 14.1. The topological polar surface area (TPSA) is 44.4 Å². The fraction of sp³-hybridized carbons (Fsp3) is 0.462. The summed E-state index contributed by atoms with van der Waals surface area (Å²) in [6.07, 6.45) is 3.45. The van der Waals surface area contributed by atoms with E-state index in [9.17, 15) is 4.79 Å². The van der Waals surface area contributed by atoms with Gasteiger partial charge in [0.1, 0.15) is 0 Å². The maximum Gasteiger partial charge on any atom is 0.420 e. The van der Waals surface area contributed by atoms with Gasteiger partial charge in [0.2, 0.25) is 0 Å². The number of aromatic nitrogens is 1. The standard InChI is InChI=1S/C13H14INO3/c14-9-4-5-12-11(7-9)15(13(16)18-12)8-10-3-1-2-6-17-10/h4-5,7,10H,1-3,6,8H2. The first-order valence-electron chi connectivity index (χ1n) is 6.14. The number of fused-ring (bicyclic) bond motifs is 1. The first-order chi connectivity index (χ1) is 8.74. The minimum Gasteiger partial charge on any atom is -0.408 e. The molecule has 1 fully saturated rings. The van der Waals surface area contributed by atoms with Gasteiger partial charge in [0, 0.05) is 10.2 Å². The third-order valence-corrected chi connectivity index (χ3v) is 3.96. The molecule has 0 radical (unpaired) electrons. The average molecular weight is 359 g/mol. The van der Waals surface area contributed by atoms with Gasteiger partial charge in [0.05, 0.1) is 18.2 Å². The maximum absolute atomic E-state index is 11.9. The van der Waals surface area contributed by atoms with Crippen molar-refractivity contribution in [3.63, 3.8) is 0 Å². The van der Waals surface area contributed by atoms with Gasteiger partial charge in [-0.05, 0) is 60.1 Å². The zero-order valence-corrected chi connectivity index (χ0v) is 12.1. The van der Waals surface area contributed by atoms with Gasteiger partial charge in [-0.1, -0.05) is 0 Å². The van der Waals surface area contributed by atoms with Crippen LogP contribution in [-0.2, 0) is 11.3 Å². The highest BCUT2D eigenvalue weighted by Crippen LogP contribution is 2.19. The second-order valence-corrected chi connectivity index (χ2v) is 5.82. The molecule has 1 unspecified atom stereocenters. The van der Waals surface area contributed by atoms with E-state index >= 15 is 0 Å². The molecule has 0 spiro atoms. The molecule has 0 saturated carbocycles. The molecule has 1 saturated heterocycles. The van der Waals surface area contributed by atoms with E-state index in [4.69, 9.17) is 9.15 Å². The van der Waals surface area contributed by atoms with Crippen molar-refractivity contribution >= 4 is 33.7 Å². The van der Waals surface area contributed by atoms with Gasteiger partial charge in [-0.25, -0.2) is 4.79 Å². The summed E-state index contributed by atoms with van der Waals surface area (Å²) >= 11 is 2.24. The lowest BCUT2D eigenvalue weighted by atomic mass is 10.1. The van der Waals surface area contributed by atoms with E-state index < -0.39 is 0 Å². The van der Waals surface area contributed by atoms with E-state index in [2.05, 4.69) is 22.6 Å². The summed E-state index contributed by atoms with van der Waals surface area (Å²) in [5.41, 5.74) is 1.51. The monoisotopic (exact) mass is 359 g/mol. The smallest absolute Gasteiger partial charge is 0.408 e. The lowest BCUT2D eigenvalue weighted by Crippen LogP contribution is -2.28. The molecule has 0 amide bonds. The predicted octanol–water partition coefficient (Wildman–Crippen LogP) is 2.77. The van der Waals surface area contributed by atoms with E-state index in [0.29, 0.717) is 12.1 Å². The van der Waals surface area contributed by atoms with Crippen molar-refractivity contribution in [2.75, 3.05) is 6.61 Å². The van der Waals surface area contributed by atoms with Crippen LogP contribution in [0, 0.1) is 3.57 Å². The van der Waals surface area contributed by atoms with Gasteiger partial charge in [0.15, 0.2) is 5.58 Å². The van der Waals surface area contributed by atoms with Gasteiger partial charge >= 0.3 is 5.76 Å². The largest absolute Gasteiger partial charge is 0.420 e. The Labute approximate surface area is 118 Å². The molecular weight excluding hydrogens is 345 g/mol. The number of hydrogen-bond acceptors (Lipinski definition) is 3. The minimum atomic E-state index is -0.291. The van der Waals surface area contributed by atoms with Crippen molar-refractivity contribution in [2.24, 2.45) is 0 Å². The molecule has 1 aliphatic rings. The molecule has 0 aliphatic carbocycles. The van der Waals surface area contributed by atoms with Crippen LogP contribution in [0.15, 0.2) is 27.4 Å². The molecule has 2 aromatic rings. The van der Waals surface area contributed by atoms with Crippen molar-refractivity contribution in [1.29, 1.82) is 0 Å². The van der Waals surface area contributed by atoms with Crippen LogP contribution in [0.3, 0.4) is 0 Å². The van der Waals surface area contributed by atoms with E-state index in [1.807, 2.05) is 18.2 Å². The Morgan fingerprint density at radius 1 is 1.39 bits per heavy atom. The third kappa shape index (κ3) is 2.33. The number of oxazole rings is 1. The molecule has 4 nitrogen and oxygen atoms in total. The summed E-state index contributed by atoms with van der Waals surface area (Å²) in [7, 11) is 0. The van der Waals surface area contributed by atoms with Gasteiger partial charge in [-0.15, -0.1) is 0 Å². The van der Waals surface area contributed by atoms with Gasteiger partial charge < -0.3 is 9.15 Å². The second-order valence-electron chi connectivity index (χ2n) is 4.58. The predicted molar refractivity (Wildman–Crippen MR) is 76.8 cm³/mol. The lowest BCUT2D eigenvalue weighted by molar-refractivity contribution is 0.00559. The number of ether oxygens (including phenoxy) is 1. The van der Waals surface area contributed by atoms with Crippen molar-refractivity contribution in [3.8, 4) is 0 Å². The fourth-order valence-electron chi connectivity index (χ4n) is 2.36. The molecule has 1 aliphatic heterocycles. The van der Waals surface area contributed by atoms with Crippen molar-refractivity contribution in [1.82, 2.24) is 4.57 Å². The van der Waals surface area contributed by atoms with Crippen LogP contribution in [-0.4, -0.2) is 17.3 Å². The lowest BCUT2D eigenvalue weighted by Gasteiger charge is -2.22. The van der Waals surface area contributed by atoms with E-state index in [0.717, 1.165) is 28.5 Å². The molecular formula is C13H14INO3. The molecule has 0 bridgehead atoms. The Bertz CT molecular complexity index is 610. The molecule has 1 atom stereocenters. The Balaban J connectivity index is 1.97. The van der Waals surface area contributed by atoms with Crippen LogP contribution in [0.1, 0.15) is 19.3 Å². The number of rotatable bonds is 2. The van der Waals surface area contributed by atoms with Gasteiger partial charge in [0.25, 0.3) is 0 Å². The zero-order chi connectivity index (χ0) is 12.5. The second kappa shape index (κ2) is 5.05. The van der Waals surface area contributed by atoms with Crippen LogP contribution in [0.2, 0.25) is 0 Å². The molecule has 1 aromatic heterocycles. The Morgan fingerprint density at radius 2 is 2.28 bits per heavy atom. The van der Waals surface area contributed by atoms with Gasteiger partial charge in [-0.3, -0.25) is 4.57 Å². The summed E-state index contributed by atoms with van der Waals surface area (Å²) in [5, 5.41) is 0. The number of nitrogens with zero attached hydrogens (tertiary/aromatic N) is 1. The van der Waals surface area contributed by atoms with Crippen molar-refractivity contribution in [3.05, 3.63) is 32.3 Å².